The maximum Gasteiger partial charge on any atom is 0.279 e. The monoisotopic (exact) mass is 361 g/mol. The molecule has 2 N–H and O–H groups in total. The summed E-state index contributed by atoms with van der Waals surface area (Å²) in [4.78, 5) is 15.5. The number of nitrogens with one attached hydrogen (secondary N) is 2. The number of hydrogen-bond donors (Lipinski definition) is 2. The fourth-order valence-electron chi connectivity index (χ4n) is 2.72. The summed E-state index contributed by atoms with van der Waals surface area (Å²) in [6.07, 6.45) is 1.81. The van der Waals surface area contributed by atoms with E-state index in [0.717, 1.165) is 52.2 Å². The van der Waals surface area contributed by atoms with E-state index in [-0.39, 0.29) is 23.0 Å². The summed E-state index contributed by atoms with van der Waals surface area (Å²) < 4.78 is 0. The molecule has 0 radical (unpaired) electrons. The largest absolute Gasteiger partial charge is 0.357 e. The zero-order valence-corrected chi connectivity index (χ0v) is 14.2. The van der Waals surface area contributed by atoms with Gasteiger partial charge < -0.3 is 10.3 Å². The Labute approximate surface area is 143 Å². The van der Waals surface area contributed by atoms with Crippen molar-refractivity contribution in [3.05, 3.63) is 33.5 Å². The molecule has 0 saturated heterocycles. The maximum absolute atomic E-state index is 11.3. The number of nitro groups is 1. The second-order valence-corrected chi connectivity index (χ2v) is 6.50. The predicted octanol–water partition coefficient (Wildman–Crippen LogP) is 3.86. The van der Waals surface area contributed by atoms with Gasteiger partial charge in [0, 0.05) is 47.6 Å². The van der Waals surface area contributed by atoms with E-state index in [1.165, 1.54) is 0 Å². The Bertz CT molecular complexity index is 690. The van der Waals surface area contributed by atoms with Gasteiger partial charge in [-0.25, -0.2) is 0 Å². The molecule has 22 heavy (non-hydrogen) atoms. The lowest BCUT2D eigenvalue weighted by Crippen LogP contribution is -2.23. The number of non-ortho nitro benzene ring substituents is 1. The molecule has 1 aromatic carbocycles. The molecule has 2 heterocycles. The van der Waals surface area contributed by atoms with Crippen LogP contribution in [0, 0.1) is 10.1 Å². The fourth-order valence-corrected chi connectivity index (χ4v) is 3.99. The molecule has 0 fully saturated rings. The molecule has 0 bridgehead atoms. The standard InChI is InChI=1S/C14H16ClN3O2S.ClH/c15-5-1-7-21-12-3-2-11(18(19)20)13-9-8-16-6-4-10(9)17-14(12)13;/h2-3,16-17H,1,4-8H2;1H. The van der Waals surface area contributed by atoms with Crippen molar-refractivity contribution in [2.24, 2.45) is 0 Å². The number of aromatic nitrogens is 1. The van der Waals surface area contributed by atoms with Crippen LogP contribution in [0.5, 0.6) is 0 Å². The van der Waals surface area contributed by atoms with Crippen LogP contribution in [0.25, 0.3) is 10.9 Å². The van der Waals surface area contributed by atoms with Gasteiger partial charge in [0.15, 0.2) is 0 Å². The van der Waals surface area contributed by atoms with Crippen LogP contribution in [-0.4, -0.2) is 28.1 Å². The molecule has 1 aliphatic rings. The van der Waals surface area contributed by atoms with Gasteiger partial charge in [-0.3, -0.25) is 10.1 Å². The summed E-state index contributed by atoms with van der Waals surface area (Å²) in [5.41, 5.74) is 3.25. The highest BCUT2D eigenvalue weighted by Gasteiger charge is 2.24. The first-order valence-electron chi connectivity index (χ1n) is 6.92. The van der Waals surface area contributed by atoms with Crippen molar-refractivity contribution in [1.29, 1.82) is 0 Å². The molecule has 1 aromatic heterocycles. The zero-order valence-electron chi connectivity index (χ0n) is 11.9. The van der Waals surface area contributed by atoms with Crippen LogP contribution in [0.4, 0.5) is 5.69 Å². The number of nitrogens with zero attached hydrogens (tertiary/aromatic N) is 1. The van der Waals surface area contributed by atoms with Crippen molar-refractivity contribution >= 4 is 52.4 Å². The molecule has 1 aliphatic heterocycles. The van der Waals surface area contributed by atoms with Gasteiger partial charge in [0.1, 0.15) is 0 Å². The molecule has 0 saturated carbocycles. The average molecular weight is 362 g/mol. The summed E-state index contributed by atoms with van der Waals surface area (Å²) in [6, 6.07) is 3.46. The highest BCUT2D eigenvalue weighted by Crippen LogP contribution is 2.38. The minimum atomic E-state index is -0.293. The molecule has 8 heteroatoms. The van der Waals surface area contributed by atoms with Crippen LogP contribution in [0.2, 0.25) is 0 Å². The second kappa shape index (κ2) is 7.55. The lowest BCUT2D eigenvalue weighted by molar-refractivity contribution is -0.383. The van der Waals surface area contributed by atoms with E-state index in [0.29, 0.717) is 12.4 Å². The third-order valence-corrected chi connectivity index (χ3v) is 5.08. The minimum absolute atomic E-state index is 0. The van der Waals surface area contributed by atoms with Crippen LogP contribution in [-0.2, 0) is 13.0 Å². The van der Waals surface area contributed by atoms with Crippen LogP contribution in [0.1, 0.15) is 17.7 Å². The molecular weight excluding hydrogens is 345 g/mol. The molecule has 0 atom stereocenters. The third-order valence-electron chi connectivity index (χ3n) is 3.67. The highest BCUT2D eigenvalue weighted by molar-refractivity contribution is 7.99. The Morgan fingerprint density at radius 2 is 2.23 bits per heavy atom. The zero-order chi connectivity index (χ0) is 14.8. The summed E-state index contributed by atoms with van der Waals surface area (Å²) in [7, 11) is 0. The Morgan fingerprint density at radius 3 is 2.95 bits per heavy atom. The second-order valence-electron chi connectivity index (χ2n) is 4.99. The van der Waals surface area contributed by atoms with Gasteiger partial charge in [0.25, 0.3) is 5.69 Å². The van der Waals surface area contributed by atoms with Gasteiger partial charge in [-0.2, -0.15) is 0 Å². The minimum Gasteiger partial charge on any atom is -0.357 e. The van der Waals surface area contributed by atoms with Crippen molar-refractivity contribution in [3.63, 3.8) is 0 Å². The van der Waals surface area contributed by atoms with Crippen molar-refractivity contribution in [3.8, 4) is 0 Å². The number of H-pyrrole nitrogens is 1. The SMILES string of the molecule is Cl.O=[N+]([O-])c1ccc(SCCCCl)c2[nH]c3c(c12)CNCC3. The fraction of sp³-hybridized carbons (Fsp3) is 0.429. The number of hydrogen-bond acceptors (Lipinski definition) is 4. The number of aromatic amines is 1. The normalized spacial score (nSPS) is 13.7. The van der Waals surface area contributed by atoms with Gasteiger partial charge in [-0.1, -0.05) is 0 Å². The molecule has 0 aliphatic carbocycles. The van der Waals surface area contributed by atoms with Gasteiger partial charge in [-0.15, -0.1) is 35.8 Å². The number of halogens is 2. The quantitative estimate of drug-likeness (QED) is 0.279. The van der Waals surface area contributed by atoms with E-state index in [2.05, 4.69) is 10.3 Å². The van der Waals surface area contributed by atoms with Gasteiger partial charge >= 0.3 is 0 Å². The molecule has 0 amide bonds. The smallest absolute Gasteiger partial charge is 0.279 e. The number of rotatable bonds is 5. The van der Waals surface area contributed by atoms with Gasteiger partial charge in [0.2, 0.25) is 0 Å². The van der Waals surface area contributed by atoms with Crippen LogP contribution >= 0.6 is 35.8 Å². The van der Waals surface area contributed by atoms with Crippen LogP contribution in [0.15, 0.2) is 17.0 Å². The predicted molar refractivity (Wildman–Crippen MR) is 93.7 cm³/mol. The molecule has 0 unspecified atom stereocenters. The summed E-state index contributed by atoms with van der Waals surface area (Å²) in [5.74, 6) is 1.55. The van der Waals surface area contributed by atoms with Crippen molar-refractivity contribution in [2.45, 2.75) is 24.3 Å². The van der Waals surface area contributed by atoms with E-state index in [1.807, 2.05) is 6.07 Å². The summed E-state index contributed by atoms with van der Waals surface area (Å²) >= 11 is 7.42. The number of alkyl halides is 1. The number of fused-ring (bicyclic) bond motifs is 3. The van der Waals surface area contributed by atoms with Crippen LogP contribution < -0.4 is 5.32 Å². The Balaban J connectivity index is 0.00000176. The molecule has 3 rings (SSSR count). The van der Waals surface area contributed by atoms with E-state index in [9.17, 15) is 10.1 Å². The van der Waals surface area contributed by atoms with Gasteiger partial charge in [0.05, 0.1) is 15.8 Å². The lowest BCUT2D eigenvalue weighted by Gasteiger charge is -2.12. The first-order chi connectivity index (χ1) is 10.2. The Hall–Kier alpha value is -0.950. The van der Waals surface area contributed by atoms with Crippen molar-refractivity contribution in [2.75, 3.05) is 18.2 Å². The van der Waals surface area contributed by atoms with E-state index in [4.69, 9.17) is 11.6 Å². The number of thioether (sulfide) groups is 1. The lowest BCUT2D eigenvalue weighted by atomic mass is 10.0. The van der Waals surface area contributed by atoms with Crippen molar-refractivity contribution < 1.29 is 4.92 Å². The summed E-state index contributed by atoms with van der Waals surface area (Å²) in [5, 5.41) is 15.4. The number of nitro benzene ring substituents is 1. The maximum atomic E-state index is 11.3. The Morgan fingerprint density at radius 1 is 1.41 bits per heavy atom. The molecular formula is C14H17Cl2N3O2S. The topological polar surface area (TPSA) is 71.0 Å². The van der Waals surface area contributed by atoms with Gasteiger partial charge in [-0.05, 0) is 18.2 Å². The van der Waals surface area contributed by atoms with E-state index >= 15 is 0 Å². The molecule has 0 spiro atoms. The van der Waals surface area contributed by atoms with E-state index < -0.39 is 0 Å². The molecule has 5 nitrogen and oxygen atoms in total. The summed E-state index contributed by atoms with van der Waals surface area (Å²) in [6.45, 7) is 1.59. The Kier molecular flexibility index (Phi) is 5.97. The first-order valence-corrected chi connectivity index (χ1v) is 8.44. The third kappa shape index (κ3) is 3.20. The van der Waals surface area contributed by atoms with Crippen LogP contribution in [0.3, 0.4) is 0 Å². The molecule has 2 aromatic rings. The first kappa shape index (κ1) is 17.4. The average Bonchev–Trinajstić information content (AvgIpc) is 2.87. The van der Waals surface area contributed by atoms with E-state index in [1.54, 1.807) is 17.8 Å². The number of benzene rings is 1. The highest BCUT2D eigenvalue weighted by atomic mass is 35.5. The van der Waals surface area contributed by atoms with Crippen molar-refractivity contribution in [1.82, 2.24) is 10.3 Å². The molecule has 120 valence electrons.